The van der Waals surface area contributed by atoms with E-state index in [1.807, 2.05) is 30.3 Å². The summed E-state index contributed by atoms with van der Waals surface area (Å²) in [5, 5.41) is 3.09. The fourth-order valence-corrected chi connectivity index (χ4v) is 4.57. The van der Waals surface area contributed by atoms with Crippen molar-refractivity contribution in [3.63, 3.8) is 0 Å². The summed E-state index contributed by atoms with van der Waals surface area (Å²) in [5.41, 5.74) is 1.38. The fraction of sp³-hybridized carbons (Fsp3) is 0.333. The van der Waals surface area contributed by atoms with Gasteiger partial charge in [-0.05, 0) is 64.7 Å². The lowest BCUT2D eigenvalue weighted by Gasteiger charge is -2.31. The number of hydrogen-bond donors (Lipinski definition) is 1. The molecule has 1 heterocycles. The third kappa shape index (κ3) is 4.93. The molecule has 0 spiro atoms. The molecule has 0 bridgehead atoms. The van der Waals surface area contributed by atoms with Crippen molar-refractivity contribution in [3.05, 3.63) is 58.3 Å². The van der Waals surface area contributed by atoms with E-state index in [0.717, 1.165) is 35.7 Å². The van der Waals surface area contributed by atoms with Gasteiger partial charge in [0.25, 0.3) is 5.91 Å². The van der Waals surface area contributed by atoms with Gasteiger partial charge < -0.3 is 14.8 Å². The van der Waals surface area contributed by atoms with E-state index in [4.69, 9.17) is 9.47 Å². The van der Waals surface area contributed by atoms with Crippen LogP contribution in [0.15, 0.2) is 52.7 Å². The van der Waals surface area contributed by atoms with Gasteiger partial charge in [0.15, 0.2) is 11.5 Å². The average Bonchev–Trinajstić information content (AvgIpc) is 2.77. The lowest BCUT2D eigenvalue weighted by Crippen LogP contribution is -2.47. The number of benzene rings is 2. The van der Waals surface area contributed by atoms with Crippen LogP contribution in [-0.4, -0.2) is 31.5 Å². The number of rotatable bonds is 5. The zero-order valence-corrected chi connectivity index (χ0v) is 19.0. The molecule has 4 rings (SSSR count). The van der Waals surface area contributed by atoms with Crippen molar-refractivity contribution in [2.75, 3.05) is 18.6 Å². The van der Waals surface area contributed by atoms with Gasteiger partial charge in [0.05, 0.1) is 17.3 Å². The van der Waals surface area contributed by atoms with Gasteiger partial charge in [0, 0.05) is 6.04 Å². The third-order valence-corrected chi connectivity index (χ3v) is 6.20. The number of nitrogens with one attached hydrogen (secondary N) is 1. The van der Waals surface area contributed by atoms with Crippen molar-refractivity contribution in [2.24, 2.45) is 0 Å². The van der Waals surface area contributed by atoms with Crippen LogP contribution in [0.4, 0.5) is 5.69 Å². The lowest BCUT2D eigenvalue weighted by molar-refractivity contribution is -0.124. The Morgan fingerprint density at radius 1 is 1.23 bits per heavy atom. The molecule has 0 radical (unpaired) electrons. The monoisotopic (exact) mass is 484 g/mol. The highest BCUT2D eigenvalue weighted by atomic mass is 79.9. The highest BCUT2D eigenvalue weighted by Crippen LogP contribution is 2.36. The fourth-order valence-electron chi connectivity index (χ4n) is 4.01. The molecule has 0 unspecified atom stereocenters. The molecule has 1 aliphatic carbocycles. The Labute approximate surface area is 190 Å². The molecule has 6 nitrogen and oxygen atoms in total. The molecule has 1 aliphatic heterocycles. The molecule has 7 heteroatoms. The third-order valence-electron chi connectivity index (χ3n) is 5.58. The second-order valence-electron chi connectivity index (χ2n) is 7.77. The number of amides is 2. The van der Waals surface area contributed by atoms with Crippen molar-refractivity contribution in [2.45, 2.75) is 38.1 Å². The molecule has 2 aliphatic rings. The van der Waals surface area contributed by atoms with Crippen LogP contribution in [0.2, 0.25) is 0 Å². The van der Waals surface area contributed by atoms with E-state index in [9.17, 15) is 9.59 Å². The molecule has 162 valence electrons. The SMILES string of the molecule is COc1ccc(/C=C2\Oc3ccccc3N(CC(=O)NC3CCCCC3)C2=O)cc1Br. The second-order valence-corrected chi connectivity index (χ2v) is 8.62. The van der Waals surface area contributed by atoms with Gasteiger partial charge in [-0.3, -0.25) is 14.5 Å². The first-order valence-corrected chi connectivity index (χ1v) is 11.3. The van der Waals surface area contributed by atoms with E-state index < -0.39 is 0 Å². The Kier molecular flexibility index (Phi) is 6.61. The molecule has 0 atom stereocenters. The van der Waals surface area contributed by atoms with Gasteiger partial charge >= 0.3 is 0 Å². The molecular weight excluding hydrogens is 460 g/mol. The number of carbonyl (C=O) groups excluding carboxylic acids is 2. The summed E-state index contributed by atoms with van der Waals surface area (Å²) in [7, 11) is 1.60. The van der Waals surface area contributed by atoms with Crippen molar-refractivity contribution in [1.82, 2.24) is 5.32 Å². The molecule has 0 saturated heterocycles. The van der Waals surface area contributed by atoms with Crippen LogP contribution in [0, 0.1) is 0 Å². The normalized spacial score (nSPS) is 17.8. The number of hydrogen-bond acceptors (Lipinski definition) is 4. The minimum atomic E-state index is -0.343. The minimum absolute atomic E-state index is 0.0423. The topological polar surface area (TPSA) is 67.9 Å². The quantitative estimate of drug-likeness (QED) is 0.625. The number of methoxy groups -OCH3 is 1. The van der Waals surface area contributed by atoms with Gasteiger partial charge in [-0.2, -0.15) is 0 Å². The highest BCUT2D eigenvalue weighted by Gasteiger charge is 2.32. The average molecular weight is 485 g/mol. The number of carbonyl (C=O) groups is 2. The van der Waals surface area contributed by atoms with Crippen LogP contribution >= 0.6 is 15.9 Å². The van der Waals surface area contributed by atoms with E-state index in [-0.39, 0.29) is 30.2 Å². The Hall–Kier alpha value is -2.80. The van der Waals surface area contributed by atoms with Crippen LogP contribution in [0.3, 0.4) is 0 Å². The van der Waals surface area contributed by atoms with Crippen molar-refractivity contribution < 1.29 is 19.1 Å². The summed E-state index contributed by atoms with van der Waals surface area (Å²) in [4.78, 5) is 27.5. The molecular formula is C24H25BrN2O4. The zero-order valence-electron chi connectivity index (χ0n) is 17.4. The number of fused-ring (bicyclic) bond motifs is 1. The number of anilines is 1. The van der Waals surface area contributed by atoms with Gasteiger partial charge in [-0.1, -0.05) is 37.5 Å². The molecule has 1 N–H and O–H groups in total. The van der Waals surface area contributed by atoms with Gasteiger partial charge in [-0.25, -0.2) is 0 Å². The predicted octanol–water partition coefficient (Wildman–Crippen LogP) is 4.67. The molecule has 1 saturated carbocycles. The Bertz CT molecular complexity index is 1010. The smallest absolute Gasteiger partial charge is 0.294 e. The van der Waals surface area contributed by atoms with Crippen molar-refractivity contribution >= 4 is 39.5 Å². The first-order chi connectivity index (χ1) is 15.0. The summed E-state index contributed by atoms with van der Waals surface area (Å²) in [6.07, 6.45) is 7.16. The summed E-state index contributed by atoms with van der Waals surface area (Å²) >= 11 is 3.46. The first-order valence-electron chi connectivity index (χ1n) is 10.5. The van der Waals surface area contributed by atoms with E-state index in [0.29, 0.717) is 17.2 Å². The number of halogens is 1. The van der Waals surface area contributed by atoms with Crippen LogP contribution in [0.5, 0.6) is 11.5 Å². The largest absolute Gasteiger partial charge is 0.496 e. The van der Waals surface area contributed by atoms with Crippen LogP contribution in [-0.2, 0) is 9.59 Å². The molecule has 0 aromatic heterocycles. The summed E-state index contributed by atoms with van der Waals surface area (Å²) in [5.74, 6) is 0.921. The number of para-hydroxylation sites is 2. The molecule has 31 heavy (non-hydrogen) atoms. The van der Waals surface area contributed by atoms with Crippen LogP contribution in [0.25, 0.3) is 6.08 Å². The number of ether oxygens (including phenoxy) is 2. The summed E-state index contributed by atoms with van der Waals surface area (Å²) in [6, 6.07) is 13.0. The van der Waals surface area contributed by atoms with Gasteiger partial charge in [0.2, 0.25) is 5.91 Å². The van der Waals surface area contributed by atoms with Gasteiger partial charge in [0.1, 0.15) is 12.3 Å². The van der Waals surface area contributed by atoms with Crippen molar-refractivity contribution in [3.8, 4) is 11.5 Å². The summed E-state index contributed by atoms with van der Waals surface area (Å²) < 4.78 is 11.9. The van der Waals surface area contributed by atoms with Crippen molar-refractivity contribution in [1.29, 1.82) is 0 Å². The Morgan fingerprint density at radius 3 is 2.74 bits per heavy atom. The zero-order chi connectivity index (χ0) is 21.8. The molecule has 1 fully saturated rings. The number of nitrogens with zero attached hydrogens (tertiary/aromatic N) is 1. The summed E-state index contributed by atoms with van der Waals surface area (Å²) in [6.45, 7) is -0.0423. The maximum atomic E-state index is 13.2. The Morgan fingerprint density at radius 2 is 2.00 bits per heavy atom. The maximum absolute atomic E-state index is 13.2. The standard InChI is InChI=1S/C24H25BrN2O4/c1-30-20-12-11-16(13-18(20)25)14-22-24(29)27(19-9-5-6-10-21(19)31-22)15-23(28)26-17-7-3-2-4-8-17/h5-6,9-14,17H,2-4,7-8,15H2,1H3,(H,26,28)/b22-14-. The van der Waals surface area contributed by atoms with E-state index in [1.165, 1.54) is 11.3 Å². The van der Waals surface area contributed by atoms with Crippen LogP contribution in [0.1, 0.15) is 37.7 Å². The minimum Gasteiger partial charge on any atom is -0.496 e. The molecule has 2 aromatic carbocycles. The lowest BCUT2D eigenvalue weighted by atomic mass is 9.95. The maximum Gasteiger partial charge on any atom is 0.294 e. The second kappa shape index (κ2) is 9.56. The van der Waals surface area contributed by atoms with Crippen LogP contribution < -0.4 is 19.7 Å². The predicted molar refractivity (Wildman–Crippen MR) is 123 cm³/mol. The highest BCUT2D eigenvalue weighted by molar-refractivity contribution is 9.10. The van der Waals surface area contributed by atoms with E-state index in [2.05, 4.69) is 21.2 Å². The molecule has 2 aromatic rings. The van der Waals surface area contributed by atoms with E-state index >= 15 is 0 Å². The molecule has 2 amide bonds. The first kappa shape index (κ1) is 21.4. The Balaban J connectivity index is 1.58. The van der Waals surface area contributed by atoms with Gasteiger partial charge in [-0.15, -0.1) is 0 Å². The van der Waals surface area contributed by atoms with E-state index in [1.54, 1.807) is 25.3 Å².